The molecule has 1 aromatic carbocycles. The Hall–Kier alpha value is -2.67. The number of anilines is 2. The number of aromatic nitrogens is 4. The van der Waals surface area contributed by atoms with Crippen LogP contribution in [0.5, 0.6) is 5.75 Å². The van der Waals surface area contributed by atoms with Gasteiger partial charge in [-0.3, -0.25) is 4.57 Å². The third-order valence-corrected chi connectivity index (χ3v) is 3.95. The first-order valence-corrected chi connectivity index (χ1v) is 7.66. The molecule has 0 spiro atoms. The number of rotatable bonds is 3. The van der Waals surface area contributed by atoms with Crippen molar-refractivity contribution in [3.8, 4) is 5.75 Å². The van der Waals surface area contributed by atoms with E-state index in [-0.39, 0.29) is 12.0 Å². The molecule has 1 atom stereocenters. The summed E-state index contributed by atoms with van der Waals surface area (Å²) < 4.78 is 7.79. The van der Waals surface area contributed by atoms with E-state index in [1.165, 1.54) is 6.33 Å². The van der Waals surface area contributed by atoms with Gasteiger partial charge in [0.15, 0.2) is 17.0 Å². The highest BCUT2D eigenvalue weighted by atomic mass is 16.5. The second-order valence-corrected chi connectivity index (χ2v) is 5.54. The van der Waals surface area contributed by atoms with Crippen molar-refractivity contribution >= 4 is 22.7 Å². The van der Waals surface area contributed by atoms with Gasteiger partial charge in [-0.05, 0) is 43.5 Å². The molecule has 2 N–H and O–H groups in total. The third kappa shape index (κ3) is 2.70. The summed E-state index contributed by atoms with van der Waals surface area (Å²) in [4.78, 5) is 13.1. The average molecular weight is 311 g/mol. The number of ether oxygens (including phenoxy) is 1. The van der Waals surface area contributed by atoms with Crippen LogP contribution >= 0.6 is 0 Å². The normalized spacial score (nSPS) is 18.2. The fourth-order valence-electron chi connectivity index (χ4n) is 2.78. The van der Waals surface area contributed by atoms with Crippen molar-refractivity contribution in [3.63, 3.8) is 0 Å². The maximum atomic E-state index is 9.36. The first-order valence-electron chi connectivity index (χ1n) is 7.66. The molecule has 1 fully saturated rings. The number of nitrogens with one attached hydrogen (secondary N) is 1. The first-order chi connectivity index (χ1) is 11.3. The summed E-state index contributed by atoms with van der Waals surface area (Å²) in [5, 5.41) is 12.6. The minimum atomic E-state index is -0.00910. The van der Waals surface area contributed by atoms with E-state index < -0.39 is 0 Å². The maximum absolute atomic E-state index is 9.36. The predicted molar refractivity (Wildman–Crippen MR) is 85.6 cm³/mol. The van der Waals surface area contributed by atoms with Gasteiger partial charge < -0.3 is 15.2 Å². The Bertz CT molecular complexity index is 809. The minimum absolute atomic E-state index is 0.00910. The van der Waals surface area contributed by atoms with Crippen molar-refractivity contribution in [3.05, 3.63) is 36.9 Å². The second-order valence-electron chi connectivity index (χ2n) is 5.54. The van der Waals surface area contributed by atoms with Gasteiger partial charge in [0, 0.05) is 12.3 Å². The van der Waals surface area contributed by atoms with Crippen LogP contribution in [0.2, 0.25) is 0 Å². The number of hydrogen-bond donors (Lipinski definition) is 2. The molecule has 7 nitrogen and oxygen atoms in total. The van der Waals surface area contributed by atoms with Crippen molar-refractivity contribution in [1.82, 2.24) is 19.5 Å². The average Bonchev–Trinajstić information content (AvgIpc) is 3.03. The van der Waals surface area contributed by atoms with Gasteiger partial charge in [-0.2, -0.15) is 0 Å². The van der Waals surface area contributed by atoms with E-state index in [0.29, 0.717) is 11.3 Å². The van der Waals surface area contributed by atoms with Crippen molar-refractivity contribution in [1.29, 1.82) is 0 Å². The third-order valence-electron chi connectivity index (χ3n) is 3.95. The van der Waals surface area contributed by atoms with E-state index in [1.807, 2.05) is 4.57 Å². The number of fused-ring (bicyclic) bond motifs is 1. The summed E-state index contributed by atoms with van der Waals surface area (Å²) in [6, 6.07) is 6.80. The summed E-state index contributed by atoms with van der Waals surface area (Å²) >= 11 is 0. The molecule has 0 amide bonds. The van der Waals surface area contributed by atoms with Gasteiger partial charge in [-0.15, -0.1) is 0 Å². The fraction of sp³-hybridized carbons (Fsp3) is 0.312. The number of aromatic hydroxyl groups is 1. The molecule has 0 radical (unpaired) electrons. The quantitative estimate of drug-likeness (QED) is 0.723. The molecule has 4 rings (SSSR count). The molecule has 1 aliphatic rings. The molecule has 0 aliphatic carbocycles. The predicted octanol–water partition coefficient (Wildman–Crippen LogP) is 2.97. The number of imidazole rings is 1. The highest BCUT2D eigenvalue weighted by molar-refractivity contribution is 5.85. The molecule has 23 heavy (non-hydrogen) atoms. The van der Waals surface area contributed by atoms with E-state index in [1.54, 1.807) is 30.6 Å². The van der Waals surface area contributed by atoms with Crippen LogP contribution in [-0.4, -0.2) is 31.2 Å². The summed E-state index contributed by atoms with van der Waals surface area (Å²) in [7, 11) is 0. The number of hydrogen-bond acceptors (Lipinski definition) is 6. The van der Waals surface area contributed by atoms with Gasteiger partial charge >= 0.3 is 0 Å². The maximum Gasteiger partial charge on any atom is 0.167 e. The van der Waals surface area contributed by atoms with Gasteiger partial charge in [0.2, 0.25) is 0 Å². The topological polar surface area (TPSA) is 85.1 Å². The minimum Gasteiger partial charge on any atom is -0.508 e. The summed E-state index contributed by atoms with van der Waals surface area (Å²) in [6.07, 6.45) is 6.49. The number of phenolic OH excluding ortho intramolecular Hbond substituents is 1. The largest absolute Gasteiger partial charge is 0.508 e. The number of benzene rings is 1. The monoisotopic (exact) mass is 311 g/mol. The molecule has 7 heteroatoms. The van der Waals surface area contributed by atoms with Crippen LogP contribution in [0.4, 0.5) is 11.5 Å². The van der Waals surface area contributed by atoms with E-state index in [2.05, 4.69) is 20.3 Å². The molecule has 2 aromatic heterocycles. The van der Waals surface area contributed by atoms with E-state index in [4.69, 9.17) is 4.74 Å². The Morgan fingerprint density at radius 3 is 2.78 bits per heavy atom. The van der Waals surface area contributed by atoms with Crippen LogP contribution in [0.1, 0.15) is 25.5 Å². The Labute approximate surface area is 133 Å². The number of nitrogens with zero attached hydrogens (tertiary/aromatic N) is 4. The highest BCUT2D eigenvalue weighted by Gasteiger charge is 2.20. The second kappa shape index (κ2) is 5.85. The molecule has 3 aromatic rings. The molecule has 3 heterocycles. The Balaban J connectivity index is 1.68. The molecule has 1 aliphatic heterocycles. The van der Waals surface area contributed by atoms with Gasteiger partial charge in [0.25, 0.3) is 0 Å². The Kier molecular flexibility index (Phi) is 3.55. The van der Waals surface area contributed by atoms with Crippen molar-refractivity contribution in [2.24, 2.45) is 0 Å². The highest BCUT2D eigenvalue weighted by Crippen LogP contribution is 2.28. The van der Waals surface area contributed by atoms with Crippen molar-refractivity contribution in [2.75, 3.05) is 11.9 Å². The summed E-state index contributed by atoms with van der Waals surface area (Å²) in [6.45, 7) is 0.772. The molecular formula is C16H17N5O2. The van der Waals surface area contributed by atoms with Gasteiger partial charge in [0.05, 0.1) is 6.33 Å². The molecule has 0 bridgehead atoms. The lowest BCUT2D eigenvalue weighted by molar-refractivity contribution is -0.0298. The van der Waals surface area contributed by atoms with Crippen LogP contribution in [0.25, 0.3) is 11.2 Å². The molecule has 1 unspecified atom stereocenters. The number of phenols is 1. The molecule has 1 saturated heterocycles. The zero-order valence-corrected chi connectivity index (χ0v) is 12.5. The lowest BCUT2D eigenvalue weighted by atomic mass is 10.2. The Morgan fingerprint density at radius 1 is 1.13 bits per heavy atom. The van der Waals surface area contributed by atoms with Crippen LogP contribution in [0.3, 0.4) is 0 Å². The molecular weight excluding hydrogens is 294 g/mol. The summed E-state index contributed by atoms with van der Waals surface area (Å²) in [5.41, 5.74) is 2.29. The van der Waals surface area contributed by atoms with Crippen LogP contribution in [0.15, 0.2) is 36.9 Å². The zero-order chi connectivity index (χ0) is 15.6. The fourth-order valence-corrected chi connectivity index (χ4v) is 2.78. The lowest BCUT2D eigenvalue weighted by Crippen LogP contribution is -2.17. The Morgan fingerprint density at radius 2 is 2.00 bits per heavy atom. The smallest absolute Gasteiger partial charge is 0.167 e. The van der Waals surface area contributed by atoms with E-state index >= 15 is 0 Å². The van der Waals surface area contributed by atoms with E-state index in [9.17, 15) is 5.11 Å². The van der Waals surface area contributed by atoms with Crippen LogP contribution in [-0.2, 0) is 4.74 Å². The van der Waals surface area contributed by atoms with Crippen molar-refractivity contribution < 1.29 is 9.84 Å². The lowest BCUT2D eigenvalue weighted by Gasteiger charge is -2.23. The van der Waals surface area contributed by atoms with Gasteiger partial charge in [-0.25, -0.2) is 15.0 Å². The van der Waals surface area contributed by atoms with E-state index in [0.717, 1.165) is 37.2 Å². The SMILES string of the molecule is Oc1ccc(Nc2ncnc3c2ncn3C2CCCCO2)cc1. The van der Waals surface area contributed by atoms with Crippen molar-refractivity contribution in [2.45, 2.75) is 25.5 Å². The van der Waals surface area contributed by atoms with Crippen LogP contribution in [0, 0.1) is 0 Å². The molecule has 0 saturated carbocycles. The van der Waals surface area contributed by atoms with Gasteiger partial charge in [0.1, 0.15) is 18.3 Å². The van der Waals surface area contributed by atoms with Gasteiger partial charge in [-0.1, -0.05) is 0 Å². The summed E-state index contributed by atoms with van der Waals surface area (Å²) in [5.74, 6) is 0.859. The molecule has 118 valence electrons. The van der Waals surface area contributed by atoms with Crippen LogP contribution < -0.4 is 5.32 Å². The zero-order valence-electron chi connectivity index (χ0n) is 12.5. The first kappa shape index (κ1) is 14.0. The standard InChI is InChI=1S/C16H17N5O2/c22-12-6-4-11(5-7-12)20-15-14-16(18-9-17-15)21(10-19-14)13-3-1-2-8-23-13/h4-7,9-10,13,22H,1-3,8H2,(H,17,18,20).